The van der Waals surface area contributed by atoms with Gasteiger partial charge >= 0.3 is 0 Å². The summed E-state index contributed by atoms with van der Waals surface area (Å²) < 4.78 is 25.7. The van der Waals surface area contributed by atoms with Crippen molar-refractivity contribution in [3.05, 3.63) is 0 Å². The Bertz CT molecular complexity index is 367. The lowest BCUT2D eigenvalue weighted by Gasteiger charge is -2.32. The number of rotatable bonds is 5. The van der Waals surface area contributed by atoms with Gasteiger partial charge in [-0.3, -0.25) is 0 Å². The number of nitrogens with two attached hydrogens (primary N) is 1. The first-order valence-corrected chi connectivity index (χ1v) is 7.65. The van der Waals surface area contributed by atoms with E-state index in [2.05, 4.69) is 0 Å². The molecular weight excluding hydrogens is 238 g/mol. The summed E-state index contributed by atoms with van der Waals surface area (Å²) in [6.07, 6.45) is 3.03. The molecular formula is C11H21N3O2S. The summed E-state index contributed by atoms with van der Waals surface area (Å²) in [5.41, 5.74) is 5.50. The van der Waals surface area contributed by atoms with Crippen LogP contribution in [0, 0.1) is 17.2 Å². The van der Waals surface area contributed by atoms with Crippen LogP contribution in [0.15, 0.2) is 0 Å². The topological polar surface area (TPSA) is 87.2 Å². The fourth-order valence-corrected chi connectivity index (χ4v) is 3.87. The molecule has 0 spiro atoms. The van der Waals surface area contributed by atoms with Gasteiger partial charge in [-0.1, -0.05) is 6.92 Å². The fourth-order valence-electron chi connectivity index (χ4n) is 2.24. The summed E-state index contributed by atoms with van der Waals surface area (Å²) in [4.78, 5) is 0. The van der Waals surface area contributed by atoms with E-state index in [-0.39, 0.29) is 0 Å². The molecule has 1 fully saturated rings. The molecule has 0 radical (unpaired) electrons. The largest absolute Gasteiger partial charge is 0.330 e. The first kappa shape index (κ1) is 14.4. The Morgan fingerprint density at radius 3 is 2.47 bits per heavy atom. The molecule has 2 N–H and O–H groups in total. The van der Waals surface area contributed by atoms with E-state index >= 15 is 0 Å². The Morgan fingerprint density at radius 2 is 2.06 bits per heavy atom. The normalized spacial score (nSPS) is 21.0. The average Bonchev–Trinajstić information content (AvgIpc) is 2.31. The zero-order valence-corrected chi connectivity index (χ0v) is 11.1. The minimum Gasteiger partial charge on any atom is -0.330 e. The average molecular weight is 259 g/mol. The maximum atomic E-state index is 12.1. The summed E-state index contributed by atoms with van der Waals surface area (Å²) in [5.74, 6) is 0.536. The molecule has 0 aromatic carbocycles. The lowest BCUT2D eigenvalue weighted by molar-refractivity contribution is 0.264. The standard InChI is InChI=1S/C11H21N3O2S/c1-2-11(9-13)17(15,16)14-7-4-10(3-6-12)5-8-14/h10-11H,2-8,12H2,1H3. The second kappa shape index (κ2) is 6.34. The third-order valence-electron chi connectivity index (χ3n) is 3.38. The van der Waals surface area contributed by atoms with E-state index in [0.717, 1.165) is 19.3 Å². The lowest BCUT2D eigenvalue weighted by atomic mass is 9.95. The van der Waals surface area contributed by atoms with Crippen LogP contribution in [-0.2, 0) is 10.0 Å². The van der Waals surface area contributed by atoms with Gasteiger partial charge in [-0.05, 0) is 38.1 Å². The van der Waals surface area contributed by atoms with Crippen LogP contribution in [0.5, 0.6) is 0 Å². The molecule has 1 aliphatic heterocycles. The third-order valence-corrected chi connectivity index (χ3v) is 5.63. The quantitative estimate of drug-likeness (QED) is 0.786. The van der Waals surface area contributed by atoms with Gasteiger partial charge in [0, 0.05) is 13.1 Å². The molecule has 0 bridgehead atoms. The molecule has 1 atom stereocenters. The van der Waals surface area contributed by atoms with Crippen LogP contribution < -0.4 is 5.73 Å². The van der Waals surface area contributed by atoms with Gasteiger partial charge in [0.05, 0.1) is 6.07 Å². The van der Waals surface area contributed by atoms with Crippen LogP contribution in [0.3, 0.4) is 0 Å². The number of sulfonamides is 1. The van der Waals surface area contributed by atoms with Crippen LogP contribution in [0.1, 0.15) is 32.6 Å². The predicted octanol–water partition coefficient (Wildman–Crippen LogP) is 0.679. The fraction of sp³-hybridized carbons (Fsp3) is 0.909. The van der Waals surface area contributed by atoms with E-state index in [9.17, 15) is 8.42 Å². The molecule has 1 saturated heterocycles. The second-order valence-corrected chi connectivity index (χ2v) is 6.61. The number of piperidine rings is 1. The minimum atomic E-state index is -3.42. The zero-order chi connectivity index (χ0) is 12.9. The number of hydrogen-bond donors (Lipinski definition) is 1. The van der Waals surface area contributed by atoms with Crippen molar-refractivity contribution in [1.82, 2.24) is 4.31 Å². The van der Waals surface area contributed by atoms with Gasteiger partial charge in [-0.25, -0.2) is 12.7 Å². The van der Waals surface area contributed by atoms with Crippen molar-refractivity contribution in [2.24, 2.45) is 11.7 Å². The number of hydrogen-bond acceptors (Lipinski definition) is 4. The van der Waals surface area contributed by atoms with Gasteiger partial charge in [-0.2, -0.15) is 5.26 Å². The summed E-state index contributed by atoms with van der Waals surface area (Å²) in [6.45, 7) is 3.45. The summed E-state index contributed by atoms with van der Waals surface area (Å²) in [5, 5.41) is 7.96. The smallest absolute Gasteiger partial charge is 0.230 e. The van der Waals surface area contributed by atoms with Crippen molar-refractivity contribution in [3.8, 4) is 6.07 Å². The molecule has 17 heavy (non-hydrogen) atoms. The van der Waals surface area contributed by atoms with Crippen molar-refractivity contribution in [3.63, 3.8) is 0 Å². The van der Waals surface area contributed by atoms with Crippen molar-refractivity contribution >= 4 is 10.0 Å². The van der Waals surface area contributed by atoms with Crippen LogP contribution in [0.25, 0.3) is 0 Å². The Morgan fingerprint density at radius 1 is 1.47 bits per heavy atom. The molecule has 6 heteroatoms. The molecule has 1 heterocycles. The van der Waals surface area contributed by atoms with Gasteiger partial charge in [0.1, 0.15) is 0 Å². The monoisotopic (exact) mass is 259 g/mol. The molecule has 0 aromatic rings. The van der Waals surface area contributed by atoms with Gasteiger partial charge in [0.25, 0.3) is 0 Å². The molecule has 0 amide bonds. The van der Waals surface area contributed by atoms with Gasteiger partial charge in [0.2, 0.25) is 10.0 Å². The Labute approximate surface area is 104 Å². The van der Waals surface area contributed by atoms with Crippen molar-refractivity contribution < 1.29 is 8.42 Å². The molecule has 1 rings (SSSR count). The molecule has 1 unspecified atom stereocenters. The highest BCUT2D eigenvalue weighted by Gasteiger charge is 2.33. The summed E-state index contributed by atoms with van der Waals surface area (Å²) in [7, 11) is -3.42. The van der Waals surface area contributed by atoms with E-state index in [1.165, 1.54) is 4.31 Å². The summed E-state index contributed by atoms with van der Waals surface area (Å²) >= 11 is 0. The summed E-state index contributed by atoms with van der Waals surface area (Å²) in [6, 6.07) is 1.88. The first-order chi connectivity index (χ1) is 8.06. The number of nitrogens with zero attached hydrogens (tertiary/aromatic N) is 2. The molecule has 98 valence electrons. The lowest BCUT2D eigenvalue weighted by Crippen LogP contribution is -2.43. The Hall–Kier alpha value is -0.640. The Balaban J connectivity index is 2.62. The van der Waals surface area contributed by atoms with Crippen molar-refractivity contribution in [1.29, 1.82) is 5.26 Å². The van der Waals surface area contributed by atoms with E-state index in [1.807, 2.05) is 6.07 Å². The highest BCUT2D eigenvalue weighted by atomic mass is 32.2. The van der Waals surface area contributed by atoms with E-state index in [0.29, 0.717) is 32.0 Å². The number of nitriles is 1. The van der Waals surface area contributed by atoms with Crippen LogP contribution >= 0.6 is 0 Å². The van der Waals surface area contributed by atoms with Gasteiger partial charge in [0.15, 0.2) is 5.25 Å². The first-order valence-electron chi connectivity index (χ1n) is 6.14. The highest BCUT2D eigenvalue weighted by Crippen LogP contribution is 2.24. The van der Waals surface area contributed by atoms with Crippen molar-refractivity contribution in [2.45, 2.75) is 37.9 Å². The van der Waals surface area contributed by atoms with E-state index in [4.69, 9.17) is 11.0 Å². The maximum Gasteiger partial charge on any atom is 0.230 e. The second-order valence-electron chi connectivity index (χ2n) is 4.49. The zero-order valence-electron chi connectivity index (χ0n) is 10.3. The molecule has 0 aliphatic carbocycles. The van der Waals surface area contributed by atoms with Gasteiger partial charge in [-0.15, -0.1) is 0 Å². The maximum absolute atomic E-state index is 12.1. The van der Waals surface area contributed by atoms with Crippen LogP contribution in [0.2, 0.25) is 0 Å². The van der Waals surface area contributed by atoms with Crippen molar-refractivity contribution in [2.75, 3.05) is 19.6 Å². The van der Waals surface area contributed by atoms with Crippen LogP contribution in [-0.4, -0.2) is 37.6 Å². The van der Waals surface area contributed by atoms with E-state index in [1.54, 1.807) is 6.92 Å². The van der Waals surface area contributed by atoms with Gasteiger partial charge < -0.3 is 5.73 Å². The molecule has 5 nitrogen and oxygen atoms in total. The molecule has 0 aromatic heterocycles. The highest BCUT2D eigenvalue weighted by molar-refractivity contribution is 7.90. The molecule has 1 aliphatic rings. The minimum absolute atomic E-state index is 0.349. The molecule has 0 saturated carbocycles. The van der Waals surface area contributed by atoms with Crippen LogP contribution in [0.4, 0.5) is 0 Å². The van der Waals surface area contributed by atoms with E-state index < -0.39 is 15.3 Å². The predicted molar refractivity (Wildman–Crippen MR) is 66.6 cm³/mol. The third kappa shape index (κ3) is 3.41. The SMILES string of the molecule is CCC(C#N)S(=O)(=O)N1CCC(CCN)CC1. The Kier molecular flexibility index (Phi) is 5.37.